The lowest BCUT2D eigenvalue weighted by Gasteiger charge is -2.12. The Balaban J connectivity index is 2.23. The Morgan fingerprint density at radius 3 is 2.95 bits per heavy atom. The quantitative estimate of drug-likeness (QED) is 0.891. The summed E-state index contributed by atoms with van der Waals surface area (Å²) in [5, 5.41) is 6.70. The van der Waals surface area contributed by atoms with Crippen LogP contribution in [0.1, 0.15) is 12.5 Å². The number of aromatic amines is 1. The molecule has 1 aromatic carbocycles. The summed E-state index contributed by atoms with van der Waals surface area (Å²) in [5.41, 5.74) is 8.82. The molecule has 0 amide bonds. The number of ether oxygens (including phenoxy) is 2. The molecule has 100 valence electrons. The van der Waals surface area contributed by atoms with Crippen LogP contribution in [0.4, 0.5) is 5.82 Å². The van der Waals surface area contributed by atoms with Gasteiger partial charge < -0.3 is 15.2 Å². The molecule has 3 rings (SSSR count). The van der Waals surface area contributed by atoms with Crippen LogP contribution in [-0.4, -0.2) is 23.4 Å². The van der Waals surface area contributed by atoms with Gasteiger partial charge in [0.25, 0.3) is 0 Å². The zero-order valence-corrected chi connectivity index (χ0v) is 12.2. The number of rotatable bonds is 2. The van der Waals surface area contributed by atoms with E-state index in [1.807, 2.05) is 13.0 Å². The Bertz CT molecular complexity index is 639. The van der Waals surface area contributed by atoms with E-state index in [9.17, 15) is 0 Å². The van der Waals surface area contributed by atoms with Gasteiger partial charge in [0.05, 0.1) is 13.3 Å². The molecule has 6 heteroatoms. The van der Waals surface area contributed by atoms with Crippen molar-refractivity contribution in [3.63, 3.8) is 0 Å². The van der Waals surface area contributed by atoms with Gasteiger partial charge in [-0.25, -0.2) is 0 Å². The molecule has 0 saturated heterocycles. The molecule has 0 fully saturated rings. The zero-order valence-electron chi connectivity index (χ0n) is 10.7. The Labute approximate surface area is 119 Å². The predicted molar refractivity (Wildman–Crippen MR) is 76.5 cm³/mol. The number of nitrogen functional groups attached to an aromatic ring is 1. The average Bonchev–Trinajstić information content (AvgIpc) is 2.96. The first-order chi connectivity index (χ1) is 9.11. The topological polar surface area (TPSA) is 73.2 Å². The number of nitrogens with two attached hydrogens (primary N) is 1. The van der Waals surface area contributed by atoms with E-state index in [1.165, 1.54) is 0 Å². The molecule has 0 saturated carbocycles. The van der Waals surface area contributed by atoms with Gasteiger partial charge in [-0.2, -0.15) is 5.10 Å². The lowest BCUT2D eigenvalue weighted by Crippen LogP contribution is -2.05. The molecular weight excluding hydrogens is 310 g/mol. The Morgan fingerprint density at radius 2 is 2.32 bits per heavy atom. The standard InChI is InChI=1S/C13H14BrN3O2/c1-6-3-8-11(14)7(9-5-16-17-13(9)15)4-10(18-2)12(8)19-6/h4-6H,3H2,1-2H3,(H3,15,16,17). The third kappa shape index (κ3) is 1.87. The molecule has 0 aliphatic carbocycles. The number of methoxy groups -OCH3 is 1. The fourth-order valence-corrected chi connectivity index (χ4v) is 3.04. The molecular formula is C13H14BrN3O2. The molecule has 1 unspecified atom stereocenters. The highest BCUT2D eigenvalue weighted by atomic mass is 79.9. The van der Waals surface area contributed by atoms with E-state index >= 15 is 0 Å². The third-order valence-corrected chi connectivity index (χ3v) is 4.17. The Hall–Kier alpha value is -1.69. The van der Waals surface area contributed by atoms with E-state index in [-0.39, 0.29) is 6.10 Å². The molecule has 0 bridgehead atoms. The minimum atomic E-state index is 0.150. The van der Waals surface area contributed by atoms with Gasteiger partial charge in [0, 0.05) is 27.6 Å². The number of nitrogens with zero attached hydrogens (tertiary/aromatic N) is 1. The Kier molecular flexibility index (Phi) is 2.89. The largest absolute Gasteiger partial charge is 0.493 e. The minimum Gasteiger partial charge on any atom is -0.493 e. The highest BCUT2D eigenvalue weighted by Gasteiger charge is 2.28. The maximum Gasteiger partial charge on any atom is 0.166 e. The van der Waals surface area contributed by atoms with Gasteiger partial charge in [0.1, 0.15) is 11.9 Å². The van der Waals surface area contributed by atoms with Gasteiger partial charge in [-0.3, -0.25) is 5.10 Å². The fourth-order valence-electron chi connectivity index (χ4n) is 2.37. The molecule has 0 spiro atoms. The van der Waals surface area contributed by atoms with E-state index in [0.29, 0.717) is 5.82 Å². The summed E-state index contributed by atoms with van der Waals surface area (Å²) in [6, 6.07) is 1.92. The van der Waals surface area contributed by atoms with Crippen LogP contribution in [0, 0.1) is 0 Å². The molecule has 19 heavy (non-hydrogen) atoms. The predicted octanol–water partition coefficient (Wildman–Crippen LogP) is 2.75. The van der Waals surface area contributed by atoms with Gasteiger partial charge in [0.2, 0.25) is 0 Å². The van der Waals surface area contributed by atoms with Crippen molar-refractivity contribution in [1.82, 2.24) is 10.2 Å². The van der Waals surface area contributed by atoms with Gasteiger partial charge in [0.15, 0.2) is 11.5 Å². The average molecular weight is 324 g/mol. The van der Waals surface area contributed by atoms with Gasteiger partial charge >= 0.3 is 0 Å². The highest BCUT2D eigenvalue weighted by molar-refractivity contribution is 9.10. The minimum absolute atomic E-state index is 0.150. The number of nitrogens with one attached hydrogen (secondary N) is 1. The van der Waals surface area contributed by atoms with Crippen molar-refractivity contribution < 1.29 is 9.47 Å². The van der Waals surface area contributed by atoms with Crippen LogP contribution in [-0.2, 0) is 6.42 Å². The van der Waals surface area contributed by atoms with E-state index in [1.54, 1.807) is 13.3 Å². The van der Waals surface area contributed by atoms with E-state index < -0.39 is 0 Å². The van der Waals surface area contributed by atoms with Crippen LogP contribution >= 0.6 is 15.9 Å². The number of fused-ring (bicyclic) bond motifs is 1. The summed E-state index contributed by atoms with van der Waals surface area (Å²) in [6.45, 7) is 2.04. The summed E-state index contributed by atoms with van der Waals surface area (Å²) >= 11 is 3.65. The van der Waals surface area contributed by atoms with Crippen LogP contribution < -0.4 is 15.2 Å². The van der Waals surface area contributed by atoms with Crippen LogP contribution in [0.3, 0.4) is 0 Å². The maximum atomic E-state index is 5.89. The summed E-state index contributed by atoms with van der Waals surface area (Å²) in [5.74, 6) is 2.07. The zero-order chi connectivity index (χ0) is 13.6. The number of hydrogen-bond donors (Lipinski definition) is 2. The van der Waals surface area contributed by atoms with Crippen molar-refractivity contribution in [2.75, 3.05) is 12.8 Å². The number of hydrogen-bond acceptors (Lipinski definition) is 4. The normalized spacial score (nSPS) is 17.1. The molecule has 2 aromatic rings. The van der Waals surface area contributed by atoms with Crippen molar-refractivity contribution in [2.45, 2.75) is 19.4 Å². The van der Waals surface area contributed by atoms with Crippen molar-refractivity contribution >= 4 is 21.7 Å². The second-order valence-corrected chi connectivity index (χ2v) is 5.37. The first kappa shape index (κ1) is 12.3. The molecule has 1 atom stereocenters. The van der Waals surface area contributed by atoms with Crippen LogP contribution in [0.2, 0.25) is 0 Å². The molecule has 2 heterocycles. The van der Waals surface area contributed by atoms with E-state index in [0.717, 1.165) is 39.1 Å². The van der Waals surface area contributed by atoms with Crippen molar-refractivity contribution in [1.29, 1.82) is 0 Å². The van der Waals surface area contributed by atoms with E-state index in [4.69, 9.17) is 15.2 Å². The van der Waals surface area contributed by atoms with E-state index in [2.05, 4.69) is 26.1 Å². The SMILES string of the molecule is COc1cc(-c2cn[nH]c2N)c(Br)c2c1OC(C)C2. The lowest BCUT2D eigenvalue weighted by atomic mass is 10.0. The number of aromatic nitrogens is 2. The molecule has 5 nitrogen and oxygen atoms in total. The van der Waals surface area contributed by atoms with Crippen LogP contribution in [0.25, 0.3) is 11.1 Å². The van der Waals surface area contributed by atoms with Crippen molar-refractivity contribution in [3.8, 4) is 22.6 Å². The summed E-state index contributed by atoms with van der Waals surface area (Å²) < 4.78 is 12.2. The van der Waals surface area contributed by atoms with Gasteiger partial charge in [-0.15, -0.1) is 0 Å². The second kappa shape index (κ2) is 4.45. The molecule has 0 radical (unpaired) electrons. The first-order valence-corrected chi connectivity index (χ1v) is 6.76. The third-order valence-electron chi connectivity index (χ3n) is 3.26. The number of H-pyrrole nitrogens is 1. The Morgan fingerprint density at radius 1 is 1.53 bits per heavy atom. The summed E-state index contributed by atoms with van der Waals surface area (Å²) in [6.07, 6.45) is 2.70. The molecule has 3 N–H and O–H groups in total. The van der Waals surface area contributed by atoms with Gasteiger partial charge in [-0.05, 0) is 28.9 Å². The summed E-state index contributed by atoms with van der Waals surface area (Å²) in [4.78, 5) is 0. The van der Waals surface area contributed by atoms with Crippen molar-refractivity contribution in [3.05, 3.63) is 22.3 Å². The fraction of sp³-hybridized carbons (Fsp3) is 0.308. The lowest BCUT2D eigenvalue weighted by molar-refractivity contribution is 0.243. The van der Waals surface area contributed by atoms with Crippen LogP contribution in [0.15, 0.2) is 16.7 Å². The maximum absolute atomic E-state index is 5.89. The molecule has 1 aromatic heterocycles. The highest BCUT2D eigenvalue weighted by Crippen LogP contribution is 2.47. The molecule has 1 aliphatic rings. The number of halogens is 1. The summed E-state index contributed by atoms with van der Waals surface area (Å²) in [7, 11) is 1.64. The molecule has 1 aliphatic heterocycles. The monoisotopic (exact) mass is 323 g/mol. The first-order valence-electron chi connectivity index (χ1n) is 5.97. The van der Waals surface area contributed by atoms with Crippen molar-refractivity contribution in [2.24, 2.45) is 0 Å². The number of anilines is 1. The van der Waals surface area contributed by atoms with Gasteiger partial charge in [-0.1, -0.05) is 0 Å². The second-order valence-electron chi connectivity index (χ2n) is 4.58. The smallest absolute Gasteiger partial charge is 0.166 e. The van der Waals surface area contributed by atoms with Crippen LogP contribution in [0.5, 0.6) is 11.5 Å². The number of benzene rings is 1.